The summed E-state index contributed by atoms with van der Waals surface area (Å²) in [4.78, 5) is 0. The number of alkyl halides is 24. The summed E-state index contributed by atoms with van der Waals surface area (Å²) in [5.74, 6) is -1.15. The van der Waals surface area contributed by atoms with E-state index in [1.165, 1.54) is 0 Å². The third-order valence-electron chi connectivity index (χ3n) is 11.7. The van der Waals surface area contributed by atoms with Gasteiger partial charge in [-0.2, -0.15) is 105 Å². The lowest BCUT2D eigenvalue weighted by Crippen LogP contribution is -2.30. The highest BCUT2D eigenvalue weighted by molar-refractivity contribution is 7.80. The third-order valence-corrected chi connectivity index (χ3v) is 16.5. The fraction of sp³-hybridized carbons (Fsp3) is 0.250. The standard InChI is InChI=1S/C48H24F24O2P2/c49-41(50,51)23-9-24(42(52,53)54)14-31(13-23)75(32-15-25(43(55,56)57)10-26(16-32)44(58,59)60)35-3-1-21-5-7-73-39(21)37(35)38-36(4-2-22-6-8-74-40(22)38)76(33-17-27(45(61,62)63)11-28(18-33)46(64,65)66)34-19-29(47(67,68)69)12-30(20-34)48(70,71)72/h1-4,9-20H,5-8H2. The summed E-state index contributed by atoms with van der Waals surface area (Å²) in [7, 11) is -7.61. The first-order valence-electron chi connectivity index (χ1n) is 21.1. The second kappa shape index (κ2) is 18.9. The molecule has 8 rings (SSSR count). The third kappa shape index (κ3) is 11.4. The van der Waals surface area contributed by atoms with Crippen molar-refractivity contribution in [2.75, 3.05) is 13.2 Å². The minimum atomic E-state index is -5.75. The van der Waals surface area contributed by atoms with Crippen LogP contribution in [-0.4, -0.2) is 13.2 Å². The number of halogens is 24. The van der Waals surface area contributed by atoms with E-state index in [4.69, 9.17) is 9.47 Å². The van der Waals surface area contributed by atoms with Crippen LogP contribution in [0.15, 0.2) is 97.1 Å². The zero-order chi connectivity index (χ0) is 56.3. The van der Waals surface area contributed by atoms with Gasteiger partial charge in [-0.15, -0.1) is 0 Å². The summed E-state index contributed by atoms with van der Waals surface area (Å²) in [5, 5.41) is -6.86. The highest BCUT2D eigenvalue weighted by Crippen LogP contribution is 2.53. The Bertz CT molecular complexity index is 2730. The van der Waals surface area contributed by atoms with Crippen molar-refractivity contribution in [2.45, 2.75) is 62.3 Å². The van der Waals surface area contributed by atoms with Gasteiger partial charge in [0.05, 0.1) is 57.7 Å². The molecule has 0 N–H and O–H groups in total. The molecule has 6 aromatic rings. The van der Waals surface area contributed by atoms with Crippen molar-refractivity contribution in [3.63, 3.8) is 0 Å². The van der Waals surface area contributed by atoms with Crippen LogP contribution in [0.1, 0.15) is 55.6 Å². The fourth-order valence-corrected chi connectivity index (χ4v) is 13.6. The van der Waals surface area contributed by atoms with Gasteiger partial charge in [-0.05, 0) is 132 Å². The van der Waals surface area contributed by atoms with Crippen LogP contribution in [-0.2, 0) is 62.3 Å². The van der Waals surface area contributed by atoms with Gasteiger partial charge in [-0.3, -0.25) is 0 Å². The molecule has 0 unspecified atom stereocenters. The molecule has 28 heteroatoms. The van der Waals surface area contributed by atoms with Crippen molar-refractivity contribution in [3.8, 4) is 22.6 Å². The normalized spacial score (nSPS) is 14.8. The lowest BCUT2D eigenvalue weighted by molar-refractivity contribution is -0.144. The van der Waals surface area contributed by atoms with Crippen LogP contribution in [0, 0.1) is 0 Å². The summed E-state index contributed by atoms with van der Waals surface area (Å²) in [5.41, 5.74) is -18.9. The van der Waals surface area contributed by atoms with Gasteiger partial charge in [-0.25, -0.2) is 0 Å². The lowest BCUT2D eigenvalue weighted by Gasteiger charge is -2.30. The van der Waals surface area contributed by atoms with Gasteiger partial charge in [0.1, 0.15) is 11.5 Å². The topological polar surface area (TPSA) is 18.5 Å². The van der Waals surface area contributed by atoms with E-state index in [2.05, 4.69) is 0 Å². The van der Waals surface area contributed by atoms with E-state index >= 15 is 0 Å². The molecule has 0 radical (unpaired) electrons. The van der Waals surface area contributed by atoms with Crippen LogP contribution in [0.2, 0.25) is 0 Å². The maximum absolute atomic E-state index is 14.6. The molecule has 0 saturated carbocycles. The Balaban J connectivity index is 1.61. The van der Waals surface area contributed by atoms with E-state index in [0.29, 0.717) is 0 Å². The average Bonchev–Trinajstić information content (AvgIpc) is 3.97. The Morgan fingerprint density at radius 3 is 0.658 bits per heavy atom. The van der Waals surface area contributed by atoms with Crippen LogP contribution in [0.3, 0.4) is 0 Å². The monoisotopic (exact) mass is 1150 g/mol. The van der Waals surface area contributed by atoms with Gasteiger partial charge < -0.3 is 9.47 Å². The van der Waals surface area contributed by atoms with Gasteiger partial charge in [0.15, 0.2) is 0 Å². The van der Waals surface area contributed by atoms with E-state index in [1.54, 1.807) is 0 Å². The molecule has 0 aliphatic carbocycles. The van der Waals surface area contributed by atoms with Crippen molar-refractivity contribution in [1.82, 2.24) is 0 Å². The first-order valence-corrected chi connectivity index (χ1v) is 23.8. The van der Waals surface area contributed by atoms with Gasteiger partial charge in [-0.1, -0.05) is 24.3 Å². The van der Waals surface area contributed by atoms with Gasteiger partial charge >= 0.3 is 49.4 Å². The predicted octanol–water partition coefficient (Wildman–Crippen LogP) is 14.9. The summed E-state index contributed by atoms with van der Waals surface area (Å²) < 4.78 is 363. The van der Waals surface area contributed by atoms with Crippen molar-refractivity contribution < 1.29 is 115 Å². The summed E-state index contributed by atoms with van der Waals surface area (Å²) in [6, 6.07) is 1.68. The highest BCUT2D eigenvalue weighted by Gasteiger charge is 2.45. The molecule has 0 saturated heterocycles. The number of benzene rings is 6. The van der Waals surface area contributed by atoms with Crippen LogP contribution in [0.5, 0.6) is 11.5 Å². The maximum Gasteiger partial charge on any atom is 0.416 e. The van der Waals surface area contributed by atoms with Crippen LogP contribution in [0.25, 0.3) is 11.1 Å². The van der Waals surface area contributed by atoms with Crippen molar-refractivity contribution in [3.05, 3.63) is 153 Å². The molecule has 406 valence electrons. The van der Waals surface area contributed by atoms with E-state index in [-0.39, 0.29) is 72.5 Å². The number of hydrogen-bond donors (Lipinski definition) is 0. The Morgan fingerprint density at radius 2 is 0.474 bits per heavy atom. The molecule has 2 nitrogen and oxygen atoms in total. The minimum absolute atomic E-state index is 0.0310. The van der Waals surface area contributed by atoms with E-state index in [9.17, 15) is 105 Å². The van der Waals surface area contributed by atoms with E-state index in [0.717, 1.165) is 24.3 Å². The number of fused-ring (bicyclic) bond motifs is 2. The average molecular weight is 1150 g/mol. The largest absolute Gasteiger partial charge is 0.492 e. The molecule has 0 aromatic heterocycles. The second-order valence-electron chi connectivity index (χ2n) is 16.8. The summed E-state index contributed by atoms with van der Waals surface area (Å²) >= 11 is 0. The fourth-order valence-electron chi connectivity index (χ4n) is 8.46. The SMILES string of the molecule is FC(F)(F)c1cc(P(c2cc(C(F)(F)F)cc(C(F)(F)F)c2)c2ccc3c(c2-c2c(P(c4cc(C(F)(F)F)cc(C(F)(F)F)c4)c4cc(C(F)(F)F)cc(C(F)(F)F)c4)ccc4c2OCC4)OCC3)cc(C(F)(F)F)c1. The molecule has 2 aliphatic rings. The summed E-state index contributed by atoms with van der Waals surface area (Å²) in [6.07, 6.45) is -46.4. The Morgan fingerprint density at radius 1 is 0.276 bits per heavy atom. The Labute approximate surface area is 412 Å². The number of hydrogen-bond acceptors (Lipinski definition) is 2. The van der Waals surface area contributed by atoms with E-state index < -0.39 is 202 Å². The molecule has 2 heterocycles. The van der Waals surface area contributed by atoms with Gasteiger partial charge in [0, 0.05) is 24.0 Å². The molecule has 76 heavy (non-hydrogen) atoms. The molecule has 0 bridgehead atoms. The van der Waals surface area contributed by atoms with Gasteiger partial charge in [0.25, 0.3) is 0 Å². The first kappa shape index (κ1) is 56.3. The zero-order valence-electron chi connectivity index (χ0n) is 36.8. The number of ether oxygens (including phenoxy) is 2. The molecule has 2 aliphatic heterocycles. The summed E-state index contributed by atoms with van der Waals surface area (Å²) in [6.45, 7) is -0.864. The molecule has 0 fully saturated rings. The lowest BCUT2D eigenvalue weighted by atomic mass is 9.97. The smallest absolute Gasteiger partial charge is 0.416 e. The quantitative estimate of drug-likeness (QED) is 0.117. The molecule has 0 amide bonds. The van der Waals surface area contributed by atoms with Crippen molar-refractivity contribution in [2.24, 2.45) is 0 Å². The maximum atomic E-state index is 14.6. The van der Waals surface area contributed by atoms with Crippen LogP contribution in [0.4, 0.5) is 105 Å². The second-order valence-corrected chi connectivity index (χ2v) is 21.2. The van der Waals surface area contributed by atoms with Crippen LogP contribution < -0.4 is 41.3 Å². The predicted molar refractivity (Wildman–Crippen MR) is 228 cm³/mol. The van der Waals surface area contributed by atoms with Crippen molar-refractivity contribution >= 4 is 47.7 Å². The first-order chi connectivity index (χ1) is 34.7. The molecule has 0 spiro atoms. The van der Waals surface area contributed by atoms with E-state index in [1.807, 2.05) is 0 Å². The Kier molecular flexibility index (Phi) is 14.0. The van der Waals surface area contributed by atoms with Crippen LogP contribution >= 0.6 is 15.8 Å². The molecule has 6 aromatic carbocycles. The Hall–Kier alpha value is -5.90. The van der Waals surface area contributed by atoms with Gasteiger partial charge in [0.2, 0.25) is 0 Å². The minimum Gasteiger partial charge on any atom is -0.492 e. The molecular formula is C48H24F24O2P2. The number of rotatable bonds is 7. The zero-order valence-corrected chi connectivity index (χ0v) is 38.6. The molecular weight excluding hydrogens is 1130 g/mol. The highest BCUT2D eigenvalue weighted by atomic mass is 31.1. The van der Waals surface area contributed by atoms with Crippen molar-refractivity contribution in [1.29, 1.82) is 0 Å². The molecule has 0 atom stereocenters.